The van der Waals surface area contributed by atoms with Gasteiger partial charge in [0.1, 0.15) is 11.8 Å². The molecule has 0 atom stereocenters. The molecule has 182 valence electrons. The van der Waals surface area contributed by atoms with Crippen LogP contribution in [0.5, 0.6) is 0 Å². The third-order valence-electron chi connectivity index (χ3n) is 7.10. The zero-order valence-corrected chi connectivity index (χ0v) is 21.0. The Morgan fingerprint density at radius 3 is 1.85 bits per heavy atom. The largest absolute Gasteiger partial charge is 0.309 e. The summed E-state index contributed by atoms with van der Waals surface area (Å²) in [4.78, 5) is 9.05. The Balaban J connectivity index is 1.43. The quantitative estimate of drug-likeness (QED) is 0.245. The summed E-state index contributed by atoms with van der Waals surface area (Å²) in [5.74, 6) is 0. The van der Waals surface area contributed by atoms with Gasteiger partial charge < -0.3 is 4.57 Å². The van der Waals surface area contributed by atoms with E-state index in [-0.39, 0.29) is 0 Å². The number of hydrogen-bond donors (Lipinski definition) is 0. The monoisotopic (exact) mass is 498 g/mol. The highest BCUT2D eigenvalue weighted by Crippen LogP contribution is 2.37. The van der Waals surface area contributed by atoms with Crippen LogP contribution in [0.4, 0.5) is 0 Å². The van der Waals surface area contributed by atoms with E-state index < -0.39 is 0 Å². The van der Waals surface area contributed by atoms with Crippen molar-refractivity contribution in [1.82, 2.24) is 14.5 Å². The van der Waals surface area contributed by atoms with Gasteiger partial charge in [0.2, 0.25) is 0 Å². The molecule has 0 spiro atoms. The first kappa shape index (κ1) is 22.7. The Labute approximate surface area is 226 Å². The molecular weight excluding hydrogens is 476 g/mol. The fourth-order valence-corrected chi connectivity index (χ4v) is 5.25. The maximum absolute atomic E-state index is 9.27. The molecule has 4 aromatic carbocycles. The molecule has 0 saturated carbocycles. The second-order valence-electron chi connectivity index (χ2n) is 9.45. The van der Waals surface area contributed by atoms with Crippen LogP contribution in [0.2, 0.25) is 0 Å². The Bertz CT molecular complexity index is 2020. The topological polar surface area (TPSA) is 54.5 Å². The zero-order chi connectivity index (χ0) is 26.2. The fourth-order valence-electron chi connectivity index (χ4n) is 5.25. The van der Waals surface area contributed by atoms with Crippen LogP contribution < -0.4 is 0 Å². The molecule has 7 aromatic rings. The van der Waals surface area contributed by atoms with Crippen LogP contribution in [-0.4, -0.2) is 14.5 Å². The number of aromatic nitrogens is 3. The smallest absolute Gasteiger partial charge is 0.141 e. The molecule has 3 aromatic heterocycles. The van der Waals surface area contributed by atoms with Crippen LogP contribution in [-0.2, 0) is 0 Å². The average Bonchev–Trinajstić information content (AvgIpc) is 3.35. The summed E-state index contributed by atoms with van der Waals surface area (Å²) in [7, 11) is 0. The van der Waals surface area contributed by atoms with Crippen LogP contribution in [0.3, 0.4) is 0 Å². The summed E-state index contributed by atoms with van der Waals surface area (Å²) >= 11 is 0. The van der Waals surface area contributed by atoms with Crippen molar-refractivity contribution in [3.63, 3.8) is 0 Å². The second kappa shape index (κ2) is 9.41. The van der Waals surface area contributed by atoms with Crippen molar-refractivity contribution < 1.29 is 0 Å². The SMILES string of the molecule is N#Cc1cc(-c2cccc(-c3ccc4c5ccc(-c6ccccc6)cc5n(-c5ccccc5)c4c3)n2)ccn1. The number of para-hydroxylation sites is 1. The van der Waals surface area contributed by atoms with E-state index in [0.717, 1.165) is 39.2 Å². The molecule has 0 radical (unpaired) electrons. The van der Waals surface area contributed by atoms with Gasteiger partial charge in [0.15, 0.2) is 0 Å². The standard InChI is InChI=1S/C35H22N4/c36-23-28-20-27(18-19-37-28)33-13-7-12-32(38-33)26-15-17-31-30-16-14-25(24-8-3-1-4-9-24)21-34(30)39(35(31)22-26)29-10-5-2-6-11-29/h1-22H. The molecule has 0 saturated heterocycles. The van der Waals surface area contributed by atoms with Gasteiger partial charge in [-0.3, -0.25) is 0 Å². The molecule has 3 heterocycles. The normalized spacial score (nSPS) is 11.1. The molecule has 7 rings (SSSR count). The highest BCUT2D eigenvalue weighted by atomic mass is 15.0. The lowest BCUT2D eigenvalue weighted by Crippen LogP contribution is -1.94. The summed E-state index contributed by atoms with van der Waals surface area (Å²) in [5, 5.41) is 11.7. The molecule has 0 N–H and O–H groups in total. The van der Waals surface area contributed by atoms with Crippen molar-refractivity contribution in [2.24, 2.45) is 0 Å². The number of nitriles is 1. The minimum atomic E-state index is 0.378. The molecule has 4 heteroatoms. The van der Waals surface area contributed by atoms with E-state index in [1.807, 2.05) is 36.4 Å². The van der Waals surface area contributed by atoms with Gasteiger partial charge in [-0.15, -0.1) is 0 Å². The molecule has 39 heavy (non-hydrogen) atoms. The maximum Gasteiger partial charge on any atom is 0.141 e. The lowest BCUT2D eigenvalue weighted by atomic mass is 10.0. The van der Waals surface area contributed by atoms with E-state index in [1.165, 1.54) is 21.9 Å². The van der Waals surface area contributed by atoms with E-state index in [4.69, 9.17) is 4.98 Å². The molecule has 0 aliphatic rings. The van der Waals surface area contributed by atoms with Gasteiger partial charge in [0.05, 0.1) is 22.4 Å². The predicted molar refractivity (Wildman–Crippen MR) is 157 cm³/mol. The first-order chi connectivity index (χ1) is 19.3. The Morgan fingerprint density at radius 2 is 1.15 bits per heavy atom. The summed E-state index contributed by atoms with van der Waals surface area (Å²) in [6.45, 7) is 0. The summed E-state index contributed by atoms with van der Waals surface area (Å²) < 4.78 is 2.34. The third kappa shape index (κ3) is 4.03. The van der Waals surface area contributed by atoms with Crippen molar-refractivity contribution in [2.75, 3.05) is 0 Å². The number of benzene rings is 4. The lowest BCUT2D eigenvalue weighted by molar-refractivity contribution is 1.18. The van der Waals surface area contributed by atoms with Gasteiger partial charge in [-0.05, 0) is 59.7 Å². The van der Waals surface area contributed by atoms with Crippen LogP contribution in [0.15, 0.2) is 134 Å². The van der Waals surface area contributed by atoms with Gasteiger partial charge in [-0.1, -0.05) is 78.9 Å². The van der Waals surface area contributed by atoms with Gasteiger partial charge in [-0.2, -0.15) is 5.26 Å². The predicted octanol–water partition coefficient (Wildman–Crippen LogP) is 8.45. The molecule has 0 aliphatic carbocycles. The van der Waals surface area contributed by atoms with Crippen LogP contribution in [0, 0.1) is 11.3 Å². The van der Waals surface area contributed by atoms with Crippen molar-refractivity contribution >= 4 is 21.8 Å². The van der Waals surface area contributed by atoms with E-state index >= 15 is 0 Å². The van der Waals surface area contributed by atoms with E-state index in [1.54, 1.807) is 12.3 Å². The summed E-state index contributed by atoms with van der Waals surface area (Å²) in [6, 6.07) is 46.0. The van der Waals surface area contributed by atoms with Crippen LogP contribution in [0.1, 0.15) is 5.69 Å². The molecule has 0 unspecified atom stereocenters. The molecular formula is C35H22N4. The number of rotatable bonds is 4. The Kier molecular flexibility index (Phi) is 5.46. The van der Waals surface area contributed by atoms with Crippen molar-refractivity contribution in [3.8, 4) is 45.4 Å². The number of nitrogens with zero attached hydrogens (tertiary/aromatic N) is 4. The van der Waals surface area contributed by atoms with E-state index in [9.17, 15) is 5.26 Å². The minimum Gasteiger partial charge on any atom is -0.309 e. The van der Waals surface area contributed by atoms with Crippen LogP contribution >= 0.6 is 0 Å². The number of hydrogen-bond acceptors (Lipinski definition) is 3. The van der Waals surface area contributed by atoms with E-state index in [0.29, 0.717) is 5.69 Å². The first-order valence-electron chi connectivity index (χ1n) is 12.8. The highest BCUT2D eigenvalue weighted by Gasteiger charge is 2.15. The highest BCUT2D eigenvalue weighted by molar-refractivity contribution is 6.11. The minimum absolute atomic E-state index is 0.378. The molecule has 0 bridgehead atoms. The van der Waals surface area contributed by atoms with Crippen molar-refractivity contribution in [2.45, 2.75) is 0 Å². The Hall–Kier alpha value is -5.53. The van der Waals surface area contributed by atoms with Gasteiger partial charge >= 0.3 is 0 Å². The zero-order valence-electron chi connectivity index (χ0n) is 21.0. The van der Waals surface area contributed by atoms with Gasteiger partial charge in [0, 0.05) is 33.8 Å². The second-order valence-corrected chi connectivity index (χ2v) is 9.45. The van der Waals surface area contributed by atoms with Gasteiger partial charge in [-0.25, -0.2) is 9.97 Å². The Morgan fingerprint density at radius 1 is 0.538 bits per heavy atom. The molecule has 0 amide bonds. The summed E-state index contributed by atoms with van der Waals surface area (Å²) in [6.07, 6.45) is 1.65. The van der Waals surface area contributed by atoms with Crippen molar-refractivity contribution in [1.29, 1.82) is 5.26 Å². The third-order valence-corrected chi connectivity index (χ3v) is 7.10. The fraction of sp³-hybridized carbons (Fsp3) is 0. The summed E-state index contributed by atoms with van der Waals surface area (Å²) in [5.41, 5.74) is 9.75. The molecule has 0 aliphatic heterocycles. The maximum atomic E-state index is 9.27. The lowest BCUT2D eigenvalue weighted by Gasteiger charge is -2.10. The molecule has 4 nitrogen and oxygen atoms in total. The van der Waals surface area contributed by atoms with Gasteiger partial charge in [0.25, 0.3) is 0 Å². The van der Waals surface area contributed by atoms with Crippen molar-refractivity contribution in [3.05, 3.63) is 139 Å². The van der Waals surface area contributed by atoms with Crippen LogP contribution in [0.25, 0.3) is 61.1 Å². The molecule has 0 fully saturated rings. The number of fused-ring (bicyclic) bond motifs is 3. The first-order valence-corrected chi connectivity index (χ1v) is 12.8. The number of pyridine rings is 2. The average molecular weight is 499 g/mol. The van der Waals surface area contributed by atoms with E-state index in [2.05, 4.69) is 101 Å².